The minimum Gasteiger partial charge on any atom is -0.372 e. The zero-order valence-electron chi connectivity index (χ0n) is 13.0. The molecule has 21 heavy (non-hydrogen) atoms. The van der Waals surface area contributed by atoms with Gasteiger partial charge in [0.15, 0.2) is 0 Å². The van der Waals surface area contributed by atoms with Gasteiger partial charge in [-0.1, -0.05) is 54.1 Å². The van der Waals surface area contributed by atoms with Crippen LogP contribution in [0.3, 0.4) is 0 Å². The van der Waals surface area contributed by atoms with Crippen molar-refractivity contribution in [2.45, 2.75) is 32.9 Å². The van der Waals surface area contributed by atoms with Gasteiger partial charge in [-0.15, -0.1) is 0 Å². The molecule has 0 amide bonds. The van der Waals surface area contributed by atoms with Gasteiger partial charge in [0, 0.05) is 6.61 Å². The fourth-order valence-corrected chi connectivity index (χ4v) is 2.64. The van der Waals surface area contributed by atoms with Crippen molar-refractivity contribution >= 4 is 0 Å². The minimum atomic E-state index is -0.110. The number of benzene rings is 2. The maximum atomic E-state index is 5.99. The molecule has 0 spiro atoms. The fraction of sp³-hybridized carbons (Fsp3) is 0.333. The maximum absolute atomic E-state index is 5.99. The zero-order valence-corrected chi connectivity index (χ0v) is 13.0. The summed E-state index contributed by atoms with van der Waals surface area (Å²) in [5.74, 6) is 5.86. The lowest BCUT2D eigenvalue weighted by atomic mass is 9.92. The Labute approximate surface area is 127 Å². The molecule has 2 unspecified atom stereocenters. The van der Waals surface area contributed by atoms with E-state index in [-0.39, 0.29) is 12.1 Å². The van der Waals surface area contributed by atoms with Gasteiger partial charge in [0.25, 0.3) is 0 Å². The van der Waals surface area contributed by atoms with Crippen LogP contribution in [-0.4, -0.2) is 6.61 Å². The Morgan fingerprint density at radius 3 is 2.43 bits per heavy atom. The maximum Gasteiger partial charge on any atom is 0.103 e. The lowest BCUT2D eigenvalue weighted by Gasteiger charge is -2.28. The molecule has 0 fully saturated rings. The van der Waals surface area contributed by atoms with Crippen LogP contribution in [0.1, 0.15) is 41.3 Å². The molecule has 0 aromatic heterocycles. The monoisotopic (exact) mass is 284 g/mol. The molecule has 0 radical (unpaired) electrons. The van der Waals surface area contributed by atoms with Crippen LogP contribution in [0.2, 0.25) is 0 Å². The van der Waals surface area contributed by atoms with Crippen molar-refractivity contribution in [2.24, 2.45) is 5.84 Å². The van der Waals surface area contributed by atoms with E-state index in [0.29, 0.717) is 6.61 Å². The van der Waals surface area contributed by atoms with Crippen molar-refractivity contribution in [2.75, 3.05) is 6.61 Å². The lowest BCUT2D eigenvalue weighted by Crippen LogP contribution is -2.34. The van der Waals surface area contributed by atoms with E-state index < -0.39 is 0 Å². The summed E-state index contributed by atoms with van der Waals surface area (Å²) in [5.41, 5.74) is 7.69. The smallest absolute Gasteiger partial charge is 0.103 e. The Bertz CT molecular complexity index is 569. The summed E-state index contributed by atoms with van der Waals surface area (Å²) in [6.45, 7) is 6.84. The van der Waals surface area contributed by atoms with Gasteiger partial charge in [-0.3, -0.25) is 5.84 Å². The van der Waals surface area contributed by atoms with Crippen LogP contribution >= 0.6 is 0 Å². The number of ether oxygens (including phenoxy) is 1. The van der Waals surface area contributed by atoms with Crippen LogP contribution in [0, 0.1) is 13.8 Å². The van der Waals surface area contributed by atoms with Gasteiger partial charge in [-0.05, 0) is 37.5 Å². The van der Waals surface area contributed by atoms with Crippen molar-refractivity contribution in [3.63, 3.8) is 0 Å². The van der Waals surface area contributed by atoms with Crippen LogP contribution in [0.4, 0.5) is 0 Å². The molecule has 3 N–H and O–H groups in total. The second-order valence-corrected chi connectivity index (χ2v) is 5.29. The summed E-state index contributed by atoms with van der Waals surface area (Å²) in [6, 6.07) is 16.6. The number of rotatable bonds is 6. The highest BCUT2D eigenvalue weighted by Crippen LogP contribution is 2.33. The Hall–Kier alpha value is -1.68. The average molecular weight is 284 g/mol. The van der Waals surface area contributed by atoms with Crippen molar-refractivity contribution in [1.82, 2.24) is 5.43 Å². The largest absolute Gasteiger partial charge is 0.372 e. The number of nitrogens with two attached hydrogens (primary N) is 1. The van der Waals surface area contributed by atoms with E-state index in [1.807, 2.05) is 25.1 Å². The van der Waals surface area contributed by atoms with E-state index in [1.54, 1.807) is 0 Å². The van der Waals surface area contributed by atoms with Crippen LogP contribution in [0.5, 0.6) is 0 Å². The third kappa shape index (κ3) is 3.70. The Balaban J connectivity index is 2.43. The van der Waals surface area contributed by atoms with Gasteiger partial charge < -0.3 is 4.74 Å². The summed E-state index contributed by atoms with van der Waals surface area (Å²) < 4.78 is 5.99. The summed E-state index contributed by atoms with van der Waals surface area (Å²) in [7, 11) is 0. The van der Waals surface area contributed by atoms with Crippen molar-refractivity contribution in [3.8, 4) is 0 Å². The van der Waals surface area contributed by atoms with Gasteiger partial charge in [0.2, 0.25) is 0 Å². The SMILES string of the molecule is CCOC(c1ccccc1)C(NN)c1cc(C)ccc1C. The number of hydrogen-bond acceptors (Lipinski definition) is 3. The molecular formula is C18H24N2O. The molecule has 0 aliphatic carbocycles. The minimum absolute atomic E-state index is 0.0766. The van der Waals surface area contributed by atoms with E-state index in [0.717, 1.165) is 5.56 Å². The molecule has 2 rings (SSSR count). The Morgan fingerprint density at radius 2 is 1.81 bits per heavy atom. The molecule has 0 saturated carbocycles. The van der Waals surface area contributed by atoms with Crippen LogP contribution in [0.25, 0.3) is 0 Å². The first-order valence-electron chi connectivity index (χ1n) is 7.37. The Kier molecular flexibility index (Phi) is 5.51. The van der Waals surface area contributed by atoms with E-state index in [4.69, 9.17) is 10.6 Å². The molecule has 0 heterocycles. The highest BCUT2D eigenvalue weighted by molar-refractivity contribution is 5.35. The molecule has 3 nitrogen and oxygen atoms in total. The predicted molar refractivity (Wildman–Crippen MR) is 86.8 cm³/mol. The van der Waals surface area contributed by atoms with E-state index >= 15 is 0 Å². The van der Waals surface area contributed by atoms with Crippen molar-refractivity contribution in [3.05, 3.63) is 70.8 Å². The topological polar surface area (TPSA) is 47.3 Å². The van der Waals surface area contributed by atoms with Crippen LogP contribution in [-0.2, 0) is 4.74 Å². The van der Waals surface area contributed by atoms with E-state index in [1.165, 1.54) is 16.7 Å². The molecule has 2 aromatic rings. The highest BCUT2D eigenvalue weighted by Gasteiger charge is 2.25. The average Bonchev–Trinajstić information content (AvgIpc) is 2.51. The lowest BCUT2D eigenvalue weighted by molar-refractivity contribution is 0.0325. The highest BCUT2D eigenvalue weighted by atomic mass is 16.5. The Morgan fingerprint density at radius 1 is 1.10 bits per heavy atom. The molecule has 3 heteroatoms. The van der Waals surface area contributed by atoms with Crippen LogP contribution < -0.4 is 11.3 Å². The molecule has 2 atom stereocenters. The first kappa shape index (κ1) is 15.7. The number of aryl methyl sites for hydroxylation is 2. The molecule has 112 valence electrons. The first-order valence-corrected chi connectivity index (χ1v) is 7.37. The molecule has 0 aliphatic rings. The summed E-state index contributed by atoms with van der Waals surface area (Å²) >= 11 is 0. The van der Waals surface area contributed by atoms with Gasteiger partial charge >= 0.3 is 0 Å². The van der Waals surface area contributed by atoms with E-state index in [2.05, 4.69) is 49.6 Å². The van der Waals surface area contributed by atoms with Gasteiger partial charge in [-0.2, -0.15) is 0 Å². The van der Waals surface area contributed by atoms with Crippen molar-refractivity contribution in [1.29, 1.82) is 0 Å². The van der Waals surface area contributed by atoms with E-state index in [9.17, 15) is 0 Å². The third-order valence-electron chi connectivity index (χ3n) is 3.73. The van der Waals surface area contributed by atoms with Gasteiger partial charge in [0.05, 0.1) is 6.04 Å². The van der Waals surface area contributed by atoms with Gasteiger partial charge in [-0.25, -0.2) is 5.43 Å². The first-order chi connectivity index (χ1) is 10.2. The zero-order chi connectivity index (χ0) is 15.2. The number of hydrazine groups is 1. The second-order valence-electron chi connectivity index (χ2n) is 5.29. The number of hydrogen-bond donors (Lipinski definition) is 2. The molecular weight excluding hydrogens is 260 g/mol. The molecule has 0 bridgehead atoms. The molecule has 0 saturated heterocycles. The summed E-state index contributed by atoms with van der Waals surface area (Å²) in [6.07, 6.45) is -0.110. The van der Waals surface area contributed by atoms with Gasteiger partial charge in [0.1, 0.15) is 6.10 Å². The normalized spacial score (nSPS) is 13.9. The summed E-state index contributed by atoms with van der Waals surface area (Å²) in [5, 5.41) is 0. The number of nitrogens with one attached hydrogen (secondary N) is 1. The predicted octanol–water partition coefficient (Wildman–Crippen LogP) is 3.59. The quantitative estimate of drug-likeness (QED) is 0.629. The molecule has 0 aliphatic heterocycles. The third-order valence-corrected chi connectivity index (χ3v) is 3.73. The molecule has 2 aromatic carbocycles. The van der Waals surface area contributed by atoms with Crippen molar-refractivity contribution < 1.29 is 4.74 Å². The summed E-state index contributed by atoms with van der Waals surface area (Å²) in [4.78, 5) is 0. The second kappa shape index (κ2) is 7.36. The standard InChI is InChI=1S/C18H24N2O/c1-4-21-18(15-8-6-5-7-9-15)17(20-19)16-12-13(2)10-11-14(16)3/h5-12,17-18,20H,4,19H2,1-3H3. The fourth-order valence-electron chi connectivity index (χ4n) is 2.64. The van der Waals surface area contributed by atoms with Crippen LogP contribution in [0.15, 0.2) is 48.5 Å².